The fourth-order valence-corrected chi connectivity index (χ4v) is 5.28. The molecule has 8 nitrogen and oxygen atoms in total. The molecular formula is C25H25F3N4O4S. The lowest BCUT2D eigenvalue weighted by Gasteiger charge is -2.31. The van der Waals surface area contributed by atoms with E-state index in [2.05, 4.69) is 14.7 Å². The van der Waals surface area contributed by atoms with Gasteiger partial charge in [-0.25, -0.2) is 9.97 Å². The first-order valence-electron chi connectivity index (χ1n) is 11.6. The first kappa shape index (κ1) is 26.4. The van der Waals surface area contributed by atoms with E-state index in [-0.39, 0.29) is 28.6 Å². The zero-order chi connectivity index (χ0) is 26.8. The van der Waals surface area contributed by atoms with Gasteiger partial charge in [0.1, 0.15) is 11.6 Å². The molecule has 0 aliphatic carbocycles. The van der Waals surface area contributed by atoms with Gasteiger partial charge in [-0.2, -0.15) is 21.6 Å². The van der Waals surface area contributed by atoms with Gasteiger partial charge < -0.3 is 10.0 Å². The SMILES string of the molecule is CCc1ccccc1-c1nc(NS(=O)(=O)c2cccc(N3CCCC(C(=O)O)C3)n2)ccc1C(F)(F)F. The molecule has 1 aliphatic heterocycles. The van der Waals surface area contributed by atoms with Crippen LogP contribution in [0.5, 0.6) is 0 Å². The lowest BCUT2D eigenvalue weighted by atomic mass is 9.98. The van der Waals surface area contributed by atoms with Crippen LogP contribution in [0.15, 0.2) is 59.6 Å². The van der Waals surface area contributed by atoms with Gasteiger partial charge in [0, 0.05) is 18.7 Å². The number of piperidine rings is 1. The van der Waals surface area contributed by atoms with Crippen molar-refractivity contribution in [1.82, 2.24) is 9.97 Å². The van der Waals surface area contributed by atoms with E-state index in [0.717, 1.165) is 12.1 Å². The van der Waals surface area contributed by atoms with E-state index in [4.69, 9.17) is 0 Å². The fraction of sp³-hybridized carbons (Fsp3) is 0.320. The minimum atomic E-state index is -4.70. The molecule has 12 heteroatoms. The van der Waals surface area contributed by atoms with E-state index >= 15 is 0 Å². The van der Waals surface area contributed by atoms with Crippen LogP contribution in [0.2, 0.25) is 0 Å². The second kappa shape index (κ2) is 10.4. The standard InChI is InChI=1S/C25H25F3N4O4S/c1-2-16-7-3-4-9-18(16)23-19(25(26,27)28)12-13-20(29-23)31-37(35,36)22-11-5-10-21(30-22)32-14-6-8-17(15-32)24(33)34/h3-5,7,9-13,17H,2,6,8,14-15H2,1H3,(H,29,31)(H,33,34). The van der Waals surface area contributed by atoms with Crippen LogP contribution >= 0.6 is 0 Å². The number of nitrogens with zero attached hydrogens (tertiary/aromatic N) is 3. The predicted molar refractivity (Wildman–Crippen MR) is 132 cm³/mol. The summed E-state index contributed by atoms with van der Waals surface area (Å²) >= 11 is 0. The maximum absolute atomic E-state index is 13.8. The highest BCUT2D eigenvalue weighted by atomic mass is 32.2. The Bertz CT molecular complexity index is 1410. The number of halogens is 3. The number of aliphatic carboxylic acids is 1. The predicted octanol–water partition coefficient (Wildman–Crippen LogP) is 4.83. The summed E-state index contributed by atoms with van der Waals surface area (Å²) in [5.41, 5.74) is -0.456. The molecule has 0 radical (unpaired) electrons. The van der Waals surface area contributed by atoms with E-state index < -0.39 is 33.7 Å². The number of sulfonamides is 1. The summed E-state index contributed by atoms with van der Waals surface area (Å²) in [7, 11) is -4.32. The lowest BCUT2D eigenvalue weighted by Crippen LogP contribution is -2.39. The third-order valence-electron chi connectivity index (χ3n) is 6.17. The molecule has 1 fully saturated rings. The molecule has 196 valence electrons. The zero-order valence-corrected chi connectivity index (χ0v) is 20.7. The second-order valence-electron chi connectivity index (χ2n) is 8.66. The second-order valence-corrected chi connectivity index (χ2v) is 10.3. The number of hydrogen-bond donors (Lipinski definition) is 2. The number of anilines is 2. The Hall–Kier alpha value is -3.67. The summed E-state index contributed by atoms with van der Waals surface area (Å²) in [5, 5.41) is 8.97. The quantitative estimate of drug-likeness (QED) is 0.447. The molecule has 0 saturated carbocycles. The Balaban J connectivity index is 1.67. The van der Waals surface area contributed by atoms with Crippen molar-refractivity contribution in [3.05, 3.63) is 65.7 Å². The molecule has 3 heterocycles. The zero-order valence-electron chi connectivity index (χ0n) is 19.9. The molecule has 1 aromatic carbocycles. The number of carboxylic acids is 1. The number of hydrogen-bond acceptors (Lipinski definition) is 6. The molecular weight excluding hydrogens is 509 g/mol. The van der Waals surface area contributed by atoms with E-state index in [1.165, 1.54) is 18.2 Å². The number of alkyl halides is 3. The first-order valence-corrected chi connectivity index (χ1v) is 13.1. The van der Waals surface area contributed by atoms with Crippen LogP contribution < -0.4 is 9.62 Å². The van der Waals surface area contributed by atoms with Crippen molar-refractivity contribution in [2.45, 2.75) is 37.4 Å². The largest absolute Gasteiger partial charge is 0.481 e. The van der Waals surface area contributed by atoms with E-state index in [9.17, 15) is 31.5 Å². The maximum atomic E-state index is 13.8. The minimum Gasteiger partial charge on any atom is -0.481 e. The van der Waals surface area contributed by atoms with Crippen molar-refractivity contribution < 1.29 is 31.5 Å². The third kappa shape index (κ3) is 5.85. The van der Waals surface area contributed by atoms with Gasteiger partial charge in [-0.15, -0.1) is 0 Å². The summed E-state index contributed by atoms with van der Waals surface area (Å²) in [5.74, 6) is -1.50. The Morgan fingerprint density at radius 2 is 1.86 bits per heavy atom. The normalized spacial score (nSPS) is 16.4. The summed E-state index contributed by atoms with van der Waals surface area (Å²) in [4.78, 5) is 21.3. The van der Waals surface area contributed by atoms with Crippen LogP contribution in [0.3, 0.4) is 0 Å². The Morgan fingerprint density at radius 1 is 1.11 bits per heavy atom. The van der Waals surface area contributed by atoms with Gasteiger partial charge in [-0.05, 0) is 49.1 Å². The number of carbonyl (C=O) groups is 1. The molecule has 3 aromatic rings. The molecule has 0 spiro atoms. The number of aryl methyl sites for hydroxylation is 1. The molecule has 0 bridgehead atoms. The smallest absolute Gasteiger partial charge is 0.418 e. The van der Waals surface area contributed by atoms with Crippen LogP contribution in [0, 0.1) is 5.92 Å². The number of rotatable bonds is 7. The number of carboxylic acid groups (broad SMARTS) is 1. The Kier molecular flexibility index (Phi) is 7.39. The average Bonchev–Trinajstić information content (AvgIpc) is 2.88. The summed E-state index contributed by atoms with van der Waals surface area (Å²) < 4.78 is 69.8. The van der Waals surface area contributed by atoms with Gasteiger partial charge in [0.25, 0.3) is 10.0 Å². The minimum absolute atomic E-state index is 0.194. The number of benzene rings is 1. The molecule has 37 heavy (non-hydrogen) atoms. The molecule has 1 saturated heterocycles. The highest BCUT2D eigenvalue weighted by molar-refractivity contribution is 7.92. The van der Waals surface area contributed by atoms with Crippen molar-refractivity contribution in [2.75, 3.05) is 22.7 Å². The van der Waals surface area contributed by atoms with E-state index in [1.54, 1.807) is 36.1 Å². The summed E-state index contributed by atoms with van der Waals surface area (Å²) in [6.45, 7) is 2.52. The van der Waals surface area contributed by atoms with Crippen molar-refractivity contribution in [2.24, 2.45) is 5.92 Å². The number of nitrogens with one attached hydrogen (secondary N) is 1. The van der Waals surface area contributed by atoms with Gasteiger partial charge in [0.05, 0.1) is 17.2 Å². The molecule has 2 N–H and O–H groups in total. The number of aromatic nitrogens is 2. The summed E-state index contributed by atoms with van der Waals surface area (Å²) in [6.07, 6.45) is -3.10. The summed E-state index contributed by atoms with van der Waals surface area (Å²) in [6, 6.07) is 12.6. The van der Waals surface area contributed by atoms with E-state index in [0.29, 0.717) is 37.2 Å². The van der Waals surface area contributed by atoms with Gasteiger partial charge in [-0.3, -0.25) is 9.52 Å². The van der Waals surface area contributed by atoms with Gasteiger partial charge in [0.15, 0.2) is 5.03 Å². The molecule has 2 aromatic heterocycles. The topological polar surface area (TPSA) is 112 Å². The molecule has 1 unspecified atom stereocenters. The van der Waals surface area contributed by atoms with Crippen LogP contribution in [0.25, 0.3) is 11.3 Å². The van der Waals surface area contributed by atoms with Crippen LogP contribution in [0.4, 0.5) is 24.8 Å². The Morgan fingerprint density at radius 3 is 2.57 bits per heavy atom. The van der Waals surface area contributed by atoms with Gasteiger partial charge in [0.2, 0.25) is 0 Å². The maximum Gasteiger partial charge on any atom is 0.418 e. The van der Waals surface area contributed by atoms with Crippen molar-refractivity contribution >= 4 is 27.6 Å². The molecule has 4 rings (SSSR count). The van der Waals surface area contributed by atoms with Gasteiger partial charge in [-0.1, -0.05) is 37.3 Å². The van der Waals surface area contributed by atoms with E-state index in [1.807, 2.05) is 0 Å². The van der Waals surface area contributed by atoms with Crippen molar-refractivity contribution in [1.29, 1.82) is 0 Å². The van der Waals surface area contributed by atoms with Gasteiger partial charge >= 0.3 is 12.1 Å². The van der Waals surface area contributed by atoms with Crippen LogP contribution in [-0.4, -0.2) is 42.6 Å². The van der Waals surface area contributed by atoms with Crippen molar-refractivity contribution in [3.8, 4) is 11.3 Å². The van der Waals surface area contributed by atoms with Crippen LogP contribution in [0.1, 0.15) is 30.9 Å². The average molecular weight is 535 g/mol. The molecule has 1 aliphatic rings. The highest BCUT2D eigenvalue weighted by Crippen LogP contribution is 2.38. The monoisotopic (exact) mass is 534 g/mol. The number of pyridine rings is 2. The molecule has 1 atom stereocenters. The third-order valence-corrected chi connectivity index (χ3v) is 7.43. The fourth-order valence-electron chi connectivity index (χ4n) is 4.32. The van der Waals surface area contributed by atoms with Crippen molar-refractivity contribution in [3.63, 3.8) is 0 Å². The lowest BCUT2D eigenvalue weighted by molar-refractivity contribution is -0.142. The molecule has 0 amide bonds. The van der Waals surface area contributed by atoms with Crippen LogP contribution in [-0.2, 0) is 27.4 Å². The Labute approximate surface area is 212 Å². The highest BCUT2D eigenvalue weighted by Gasteiger charge is 2.35. The first-order chi connectivity index (χ1) is 17.5.